The maximum Gasteiger partial charge on any atom is 0.291 e. The van der Waals surface area contributed by atoms with E-state index in [1.165, 1.54) is 5.56 Å². The third-order valence-electron chi connectivity index (χ3n) is 3.75. The van der Waals surface area contributed by atoms with Crippen molar-refractivity contribution < 1.29 is 4.18 Å². The number of hydrogen-bond acceptors (Lipinski definition) is 5. The second kappa shape index (κ2) is 6.01. The molecule has 0 saturated carbocycles. The Morgan fingerprint density at radius 1 is 1.26 bits per heavy atom. The van der Waals surface area contributed by atoms with Gasteiger partial charge in [0.15, 0.2) is 22.0 Å². The van der Waals surface area contributed by atoms with Gasteiger partial charge in [0.2, 0.25) is 0 Å². The van der Waals surface area contributed by atoms with Crippen molar-refractivity contribution in [2.24, 2.45) is 10.1 Å². The summed E-state index contributed by atoms with van der Waals surface area (Å²) in [6.45, 7) is 1.26. The Labute approximate surface area is 153 Å². The molecular weight excluding hydrogens is 444 g/mol. The Balaban J connectivity index is 1.88. The number of fused-ring (bicyclic) bond motifs is 3. The van der Waals surface area contributed by atoms with Gasteiger partial charge in [0.1, 0.15) is 12.4 Å². The largest absolute Gasteiger partial charge is 0.291 e. The van der Waals surface area contributed by atoms with E-state index in [0.29, 0.717) is 13.2 Å². The molecule has 0 fully saturated rings. The lowest BCUT2D eigenvalue weighted by Gasteiger charge is -2.15. The zero-order valence-electron chi connectivity index (χ0n) is 12.2. The van der Waals surface area contributed by atoms with Crippen molar-refractivity contribution in [2.75, 3.05) is 18.7 Å². The van der Waals surface area contributed by atoms with E-state index in [1.54, 1.807) is 11.1 Å². The molecule has 2 aliphatic heterocycles. The van der Waals surface area contributed by atoms with Gasteiger partial charge in [0.25, 0.3) is 5.00 Å². The lowest BCUT2D eigenvalue weighted by atomic mass is 10.1. The van der Waals surface area contributed by atoms with Crippen molar-refractivity contribution >= 4 is 59.4 Å². The van der Waals surface area contributed by atoms with Crippen LogP contribution >= 0.6 is 42.8 Å². The third kappa shape index (κ3) is 2.53. The topological polar surface area (TPSA) is 40.4 Å². The van der Waals surface area contributed by atoms with Crippen LogP contribution in [0.3, 0.4) is 0 Å². The molecule has 3 heterocycles. The smallest absolute Gasteiger partial charge is 0.276 e. The van der Waals surface area contributed by atoms with E-state index in [-0.39, 0.29) is 10.8 Å². The Bertz CT molecular complexity index is 833. The normalized spacial score (nSPS) is 17.4. The fourth-order valence-electron chi connectivity index (χ4n) is 2.75. The highest BCUT2D eigenvalue weighted by atomic mass is 79.9. The summed E-state index contributed by atoms with van der Waals surface area (Å²) in [6.07, 6.45) is 0. The summed E-state index contributed by atoms with van der Waals surface area (Å²) in [4.78, 5) is 7.03. The first-order valence-corrected chi connectivity index (χ1v) is 9.68. The molecule has 1 aromatic carbocycles. The molecule has 1 atom stereocenters. The molecule has 0 amide bonds. The van der Waals surface area contributed by atoms with Crippen molar-refractivity contribution in [2.45, 2.75) is 6.54 Å². The number of rotatable bonds is 2. The first-order valence-electron chi connectivity index (χ1n) is 6.97. The minimum absolute atomic E-state index is 0.353. The summed E-state index contributed by atoms with van der Waals surface area (Å²) in [5.41, 5.74) is 3.12. The maximum absolute atomic E-state index is 5.64. The Morgan fingerprint density at radius 2 is 2.09 bits per heavy atom. The fourth-order valence-corrected chi connectivity index (χ4v) is 5.03. The van der Waals surface area contributed by atoms with Crippen LogP contribution in [0.4, 0.5) is 5.00 Å². The highest BCUT2D eigenvalue weighted by Crippen LogP contribution is 2.41. The van der Waals surface area contributed by atoms with Crippen LogP contribution in [0.15, 0.2) is 50.3 Å². The van der Waals surface area contributed by atoms with Crippen molar-refractivity contribution in [3.8, 4) is 0 Å². The molecule has 2 aliphatic rings. The standard InChI is InChI=1S/C15H13Br2N4OS/c1-22-23-7-6-10-8-18-13(11-4-2-3-5-12(11)16)14-19-21(17)9-20(14)15(10)23/h2-7H,8-9H2,1H3/q+1. The van der Waals surface area contributed by atoms with Crippen LogP contribution in [0.25, 0.3) is 0 Å². The van der Waals surface area contributed by atoms with E-state index in [0.717, 1.165) is 26.6 Å². The molecule has 118 valence electrons. The minimum atomic E-state index is -0.353. The summed E-state index contributed by atoms with van der Waals surface area (Å²) in [5, 5.41) is 7.87. The first kappa shape index (κ1) is 15.3. The van der Waals surface area contributed by atoms with Gasteiger partial charge in [-0.25, -0.2) is 4.03 Å². The lowest BCUT2D eigenvalue weighted by molar-refractivity contribution is 0.548. The van der Waals surface area contributed by atoms with Crippen LogP contribution in [-0.2, 0) is 6.54 Å². The Hall–Kier alpha value is -1.22. The van der Waals surface area contributed by atoms with Gasteiger partial charge in [-0.1, -0.05) is 34.1 Å². The molecule has 8 heteroatoms. The van der Waals surface area contributed by atoms with E-state index < -0.39 is 0 Å². The van der Waals surface area contributed by atoms with E-state index in [4.69, 9.17) is 9.18 Å². The summed E-state index contributed by atoms with van der Waals surface area (Å²) < 4.78 is 8.40. The predicted molar refractivity (Wildman–Crippen MR) is 101 cm³/mol. The fraction of sp³-hybridized carbons (Fsp3) is 0.200. The summed E-state index contributed by atoms with van der Waals surface area (Å²) in [5.74, 6) is 0.844. The number of benzene rings is 1. The number of thiophene rings is 1. The van der Waals surface area contributed by atoms with E-state index in [9.17, 15) is 0 Å². The van der Waals surface area contributed by atoms with Gasteiger partial charge in [-0.05, 0) is 6.07 Å². The number of amidine groups is 1. The number of nitrogens with zero attached hydrogens (tertiary/aromatic N) is 4. The molecule has 2 aromatic rings. The quantitative estimate of drug-likeness (QED) is 0.507. The van der Waals surface area contributed by atoms with E-state index in [1.807, 2.05) is 18.2 Å². The molecule has 1 aromatic heterocycles. The van der Waals surface area contributed by atoms with E-state index in [2.05, 4.69) is 59.6 Å². The molecule has 0 saturated heterocycles. The highest BCUT2D eigenvalue weighted by Gasteiger charge is 2.39. The molecule has 0 aliphatic carbocycles. The van der Waals surface area contributed by atoms with Crippen molar-refractivity contribution in [1.82, 2.24) is 4.03 Å². The van der Waals surface area contributed by atoms with Crippen molar-refractivity contribution in [3.63, 3.8) is 0 Å². The average Bonchev–Trinajstić information content (AvgIpc) is 3.09. The molecule has 0 radical (unpaired) electrons. The van der Waals surface area contributed by atoms with Crippen LogP contribution in [0.2, 0.25) is 0 Å². The van der Waals surface area contributed by atoms with Gasteiger partial charge in [-0.2, -0.15) is 4.18 Å². The second-order valence-corrected chi connectivity index (χ2v) is 8.33. The van der Waals surface area contributed by atoms with Gasteiger partial charge in [0.05, 0.1) is 35.4 Å². The van der Waals surface area contributed by atoms with Gasteiger partial charge >= 0.3 is 0 Å². The summed E-state index contributed by atoms with van der Waals surface area (Å²) in [7, 11) is 1.39. The number of anilines is 1. The van der Waals surface area contributed by atoms with Crippen LogP contribution < -0.4 is 9.08 Å². The Kier molecular flexibility index (Phi) is 4.00. The molecule has 1 unspecified atom stereocenters. The highest BCUT2D eigenvalue weighted by molar-refractivity contribution is 9.10. The van der Waals surface area contributed by atoms with Crippen molar-refractivity contribution in [1.29, 1.82) is 0 Å². The van der Waals surface area contributed by atoms with Crippen LogP contribution in [0.5, 0.6) is 0 Å². The van der Waals surface area contributed by atoms with Gasteiger partial charge in [0, 0.05) is 16.1 Å². The molecule has 23 heavy (non-hydrogen) atoms. The van der Waals surface area contributed by atoms with Crippen molar-refractivity contribution in [3.05, 3.63) is 51.3 Å². The molecular formula is C15H13Br2N4OS+. The minimum Gasteiger partial charge on any atom is -0.276 e. The average molecular weight is 457 g/mol. The molecule has 0 N–H and O–H groups in total. The van der Waals surface area contributed by atoms with Gasteiger partial charge in [-0.15, -0.1) is 5.10 Å². The third-order valence-corrected chi connectivity index (χ3v) is 6.43. The number of hydrazone groups is 1. The summed E-state index contributed by atoms with van der Waals surface area (Å²) >= 11 is 7.09. The maximum atomic E-state index is 5.64. The number of aliphatic imine (C=N–C) groups is 1. The van der Waals surface area contributed by atoms with Gasteiger partial charge < -0.3 is 0 Å². The van der Waals surface area contributed by atoms with Crippen LogP contribution in [-0.4, -0.2) is 29.4 Å². The SMILES string of the molecule is CO[s+]1ccc2c1N1CN(Br)N=C1C(c1ccccc1Br)=NC2. The molecule has 0 bridgehead atoms. The predicted octanol–water partition coefficient (Wildman–Crippen LogP) is 3.96. The molecule has 4 rings (SSSR count). The zero-order chi connectivity index (χ0) is 16.0. The lowest BCUT2D eigenvalue weighted by Crippen LogP contribution is -2.34. The summed E-state index contributed by atoms with van der Waals surface area (Å²) in [6, 6.07) is 10.2. The monoisotopic (exact) mass is 455 g/mol. The second-order valence-electron chi connectivity index (χ2n) is 5.07. The number of hydrogen-bond donors (Lipinski definition) is 0. The van der Waals surface area contributed by atoms with Crippen LogP contribution in [0.1, 0.15) is 11.1 Å². The molecule has 0 spiro atoms. The Morgan fingerprint density at radius 3 is 2.87 bits per heavy atom. The zero-order valence-corrected chi connectivity index (χ0v) is 16.2. The number of halogens is 2. The van der Waals surface area contributed by atoms with E-state index >= 15 is 0 Å². The molecule has 5 nitrogen and oxygen atoms in total. The van der Waals surface area contributed by atoms with Gasteiger partial charge in [-0.3, -0.25) is 9.89 Å². The first-order chi connectivity index (χ1) is 11.2. The van der Waals surface area contributed by atoms with Crippen LogP contribution in [0, 0.1) is 0 Å².